The third-order valence-electron chi connectivity index (χ3n) is 2.37. The molecule has 0 amide bonds. The van der Waals surface area contributed by atoms with Crippen molar-refractivity contribution >= 4 is 11.5 Å². The van der Waals surface area contributed by atoms with Gasteiger partial charge in [0, 0.05) is 0 Å². The van der Waals surface area contributed by atoms with Crippen LogP contribution < -0.4 is 5.73 Å². The molecule has 4 nitrogen and oxygen atoms in total. The number of anilines is 1. The van der Waals surface area contributed by atoms with E-state index in [1.54, 1.807) is 10.5 Å². The second kappa shape index (κ2) is 3.28. The van der Waals surface area contributed by atoms with Crippen LogP contribution in [-0.2, 0) is 0 Å². The average Bonchev–Trinajstić information content (AvgIpc) is 2.56. The maximum atomic E-state index is 8.95. The molecule has 0 saturated heterocycles. The topological polar surface area (TPSA) is 67.1 Å². The lowest BCUT2D eigenvalue weighted by molar-refractivity contribution is 0.838. The van der Waals surface area contributed by atoms with Crippen molar-refractivity contribution in [2.45, 2.75) is 19.8 Å². The normalized spacial score (nSPS) is 10.8. The largest absolute Gasteiger partial charge is 0.383 e. The number of nitrogens with zero attached hydrogens (tertiary/aromatic N) is 3. The van der Waals surface area contributed by atoms with E-state index in [2.05, 4.69) is 11.1 Å². The Labute approximate surface area is 88.0 Å². The van der Waals surface area contributed by atoms with Crippen molar-refractivity contribution < 1.29 is 0 Å². The molecule has 2 N–H and O–H groups in total. The number of hydrogen-bond acceptors (Lipinski definition) is 3. The zero-order chi connectivity index (χ0) is 11.0. The molecule has 76 valence electrons. The summed E-state index contributed by atoms with van der Waals surface area (Å²) in [6.07, 6.45) is 0. The third kappa shape index (κ3) is 1.33. The quantitative estimate of drug-likeness (QED) is 0.764. The number of pyridine rings is 1. The van der Waals surface area contributed by atoms with Crippen LogP contribution in [0.2, 0.25) is 0 Å². The molecule has 0 unspecified atom stereocenters. The van der Waals surface area contributed by atoms with E-state index < -0.39 is 0 Å². The van der Waals surface area contributed by atoms with Crippen molar-refractivity contribution in [3.05, 3.63) is 29.6 Å². The van der Waals surface area contributed by atoms with Crippen LogP contribution in [-0.4, -0.2) is 9.38 Å². The minimum absolute atomic E-state index is 0.261. The van der Waals surface area contributed by atoms with Crippen LogP contribution in [0.25, 0.3) is 5.65 Å². The Morgan fingerprint density at radius 2 is 2.20 bits per heavy atom. The highest BCUT2D eigenvalue weighted by molar-refractivity contribution is 5.56. The van der Waals surface area contributed by atoms with Crippen molar-refractivity contribution in [3.8, 4) is 6.07 Å². The van der Waals surface area contributed by atoms with E-state index in [0.717, 1.165) is 11.3 Å². The van der Waals surface area contributed by atoms with Crippen LogP contribution in [0.15, 0.2) is 18.2 Å². The first-order valence-corrected chi connectivity index (χ1v) is 4.82. The monoisotopic (exact) mass is 200 g/mol. The Hall–Kier alpha value is -2.02. The van der Waals surface area contributed by atoms with Crippen LogP contribution in [0.3, 0.4) is 0 Å². The zero-order valence-electron chi connectivity index (χ0n) is 8.73. The van der Waals surface area contributed by atoms with Gasteiger partial charge in [0.25, 0.3) is 0 Å². The summed E-state index contributed by atoms with van der Waals surface area (Å²) in [5, 5.41) is 8.95. The first-order chi connectivity index (χ1) is 7.15. The van der Waals surface area contributed by atoms with E-state index in [-0.39, 0.29) is 5.92 Å². The molecular weight excluding hydrogens is 188 g/mol. The predicted octanol–water partition coefficient (Wildman–Crippen LogP) is 1.91. The number of nitrogens with two attached hydrogens (primary N) is 1. The third-order valence-corrected chi connectivity index (χ3v) is 2.37. The highest BCUT2D eigenvalue weighted by atomic mass is 15.1. The number of fused-ring (bicyclic) bond motifs is 1. The van der Waals surface area contributed by atoms with E-state index in [1.807, 2.05) is 26.0 Å². The van der Waals surface area contributed by atoms with Crippen molar-refractivity contribution in [1.82, 2.24) is 9.38 Å². The van der Waals surface area contributed by atoms with Gasteiger partial charge in [-0.1, -0.05) is 19.9 Å². The molecule has 2 heterocycles. The van der Waals surface area contributed by atoms with Crippen LogP contribution in [0, 0.1) is 11.3 Å². The number of imidazole rings is 1. The second-order valence-electron chi connectivity index (χ2n) is 3.75. The lowest BCUT2D eigenvalue weighted by Gasteiger charge is -2.02. The molecule has 0 fully saturated rings. The first-order valence-electron chi connectivity index (χ1n) is 4.82. The zero-order valence-corrected chi connectivity index (χ0v) is 8.73. The standard InChI is InChI=1S/C11H12N4/c1-7(2)10-11(13)15-8(6-12)4-3-5-9(15)14-10/h3-5,7H,13H2,1-2H3. The molecule has 2 rings (SSSR count). The fourth-order valence-electron chi connectivity index (χ4n) is 1.65. The van der Waals surface area contributed by atoms with Crippen molar-refractivity contribution in [3.63, 3.8) is 0 Å². The molecule has 0 bridgehead atoms. The predicted molar refractivity (Wildman–Crippen MR) is 58.4 cm³/mol. The van der Waals surface area contributed by atoms with Crippen LogP contribution in [0.4, 0.5) is 5.82 Å². The molecule has 2 aromatic rings. The molecular formula is C11H12N4. The Bertz CT molecular complexity index is 545. The number of nitrogen functional groups attached to an aromatic ring is 1. The van der Waals surface area contributed by atoms with Gasteiger partial charge in [-0.15, -0.1) is 0 Å². The minimum Gasteiger partial charge on any atom is -0.383 e. The molecule has 0 aliphatic carbocycles. The van der Waals surface area contributed by atoms with Gasteiger partial charge in [0.05, 0.1) is 5.69 Å². The molecule has 15 heavy (non-hydrogen) atoms. The van der Waals surface area contributed by atoms with E-state index >= 15 is 0 Å². The number of aromatic nitrogens is 2. The summed E-state index contributed by atoms with van der Waals surface area (Å²) < 4.78 is 1.69. The summed E-state index contributed by atoms with van der Waals surface area (Å²) in [6.45, 7) is 4.06. The highest BCUT2D eigenvalue weighted by Crippen LogP contribution is 2.23. The summed E-state index contributed by atoms with van der Waals surface area (Å²) in [4.78, 5) is 4.41. The maximum absolute atomic E-state index is 8.95. The molecule has 0 aliphatic rings. The SMILES string of the molecule is CC(C)c1nc2cccc(C#N)n2c1N. The molecule has 0 aliphatic heterocycles. The second-order valence-corrected chi connectivity index (χ2v) is 3.75. The number of hydrogen-bond donors (Lipinski definition) is 1. The highest BCUT2D eigenvalue weighted by Gasteiger charge is 2.13. The summed E-state index contributed by atoms with van der Waals surface area (Å²) >= 11 is 0. The van der Waals surface area contributed by atoms with Crippen LogP contribution in [0.1, 0.15) is 31.2 Å². The minimum atomic E-state index is 0.261. The van der Waals surface area contributed by atoms with Crippen molar-refractivity contribution in [2.75, 3.05) is 5.73 Å². The molecule has 0 aromatic carbocycles. The summed E-state index contributed by atoms with van der Waals surface area (Å²) in [6, 6.07) is 7.50. The molecule has 0 saturated carbocycles. The van der Waals surface area contributed by atoms with Gasteiger partial charge in [-0.2, -0.15) is 5.26 Å². The summed E-state index contributed by atoms with van der Waals surface area (Å²) in [5.41, 5.74) is 8.06. The Morgan fingerprint density at radius 1 is 1.47 bits per heavy atom. The molecule has 0 atom stereocenters. The first kappa shape index (κ1) is 9.53. The molecule has 2 aromatic heterocycles. The molecule has 0 spiro atoms. The lowest BCUT2D eigenvalue weighted by atomic mass is 10.1. The number of rotatable bonds is 1. The van der Waals surface area contributed by atoms with Gasteiger partial charge in [-0.3, -0.25) is 4.40 Å². The Balaban J connectivity index is 2.84. The van der Waals surface area contributed by atoms with Gasteiger partial charge < -0.3 is 5.73 Å². The lowest BCUT2D eigenvalue weighted by Crippen LogP contribution is -2.00. The maximum Gasteiger partial charge on any atom is 0.139 e. The van der Waals surface area contributed by atoms with Gasteiger partial charge in [-0.25, -0.2) is 4.98 Å². The van der Waals surface area contributed by atoms with E-state index in [1.165, 1.54) is 0 Å². The van der Waals surface area contributed by atoms with E-state index in [4.69, 9.17) is 11.0 Å². The number of nitriles is 1. The smallest absolute Gasteiger partial charge is 0.139 e. The molecule has 0 radical (unpaired) electrons. The van der Waals surface area contributed by atoms with Crippen LogP contribution in [0.5, 0.6) is 0 Å². The summed E-state index contributed by atoms with van der Waals surface area (Å²) in [5.74, 6) is 0.827. The van der Waals surface area contributed by atoms with Gasteiger partial charge in [0.2, 0.25) is 0 Å². The molecule has 4 heteroatoms. The Morgan fingerprint density at radius 3 is 2.80 bits per heavy atom. The van der Waals surface area contributed by atoms with Gasteiger partial charge in [-0.05, 0) is 18.1 Å². The summed E-state index contributed by atoms with van der Waals surface area (Å²) in [7, 11) is 0. The van der Waals surface area contributed by atoms with Crippen LogP contribution >= 0.6 is 0 Å². The Kier molecular flexibility index (Phi) is 2.09. The fraction of sp³-hybridized carbons (Fsp3) is 0.273. The van der Waals surface area contributed by atoms with Gasteiger partial charge in [0.1, 0.15) is 23.2 Å². The van der Waals surface area contributed by atoms with E-state index in [0.29, 0.717) is 11.5 Å². The fourth-order valence-corrected chi connectivity index (χ4v) is 1.65. The van der Waals surface area contributed by atoms with Crippen molar-refractivity contribution in [1.29, 1.82) is 5.26 Å². The average molecular weight is 200 g/mol. The van der Waals surface area contributed by atoms with E-state index in [9.17, 15) is 0 Å². The van der Waals surface area contributed by atoms with Gasteiger partial charge in [0.15, 0.2) is 0 Å². The van der Waals surface area contributed by atoms with Gasteiger partial charge >= 0.3 is 0 Å². The van der Waals surface area contributed by atoms with Crippen molar-refractivity contribution in [2.24, 2.45) is 0 Å².